The highest BCUT2D eigenvalue weighted by molar-refractivity contribution is 6.30. The first-order chi connectivity index (χ1) is 18.9. The van der Waals surface area contributed by atoms with E-state index in [2.05, 4.69) is 0 Å². The van der Waals surface area contributed by atoms with Crippen molar-refractivity contribution < 1.29 is 23.8 Å². The topological polar surface area (TPSA) is 74.2 Å². The van der Waals surface area contributed by atoms with Crippen molar-refractivity contribution >= 4 is 29.1 Å². The summed E-state index contributed by atoms with van der Waals surface area (Å²) in [5, 5.41) is 0.655. The minimum Gasteiger partial charge on any atom is -0.497 e. The number of hydrogen-bond donors (Lipinski definition) is 0. The zero-order chi connectivity index (χ0) is 27.4. The summed E-state index contributed by atoms with van der Waals surface area (Å²) in [7, 11) is 1.60. The maximum absolute atomic E-state index is 13.7. The van der Waals surface area contributed by atoms with Gasteiger partial charge in [-0.05, 0) is 66.8 Å². The van der Waals surface area contributed by atoms with Gasteiger partial charge in [0.1, 0.15) is 30.6 Å². The molecule has 0 radical (unpaired) electrons. The van der Waals surface area contributed by atoms with Crippen LogP contribution >= 0.6 is 11.6 Å². The molecule has 6 nitrogen and oxygen atoms in total. The smallest absolute Gasteiger partial charge is 0.315 e. The van der Waals surface area contributed by atoms with E-state index in [0.29, 0.717) is 40.6 Å². The normalized spacial score (nSPS) is 20.6. The molecule has 3 aromatic carbocycles. The Labute approximate surface area is 233 Å². The van der Waals surface area contributed by atoms with Crippen molar-refractivity contribution in [2.24, 2.45) is 10.9 Å². The van der Waals surface area contributed by atoms with Crippen LogP contribution in [0.1, 0.15) is 42.7 Å². The van der Waals surface area contributed by atoms with Crippen molar-refractivity contribution in [3.8, 4) is 11.5 Å². The second-order valence-corrected chi connectivity index (χ2v) is 10.2. The van der Waals surface area contributed by atoms with Gasteiger partial charge in [0.05, 0.1) is 7.11 Å². The Bertz CT molecular complexity index is 1400. The number of aliphatic imine (C=N–C) groups is 1. The molecular formula is C32H30ClNO5. The first-order valence-corrected chi connectivity index (χ1v) is 13.4. The van der Waals surface area contributed by atoms with Crippen molar-refractivity contribution in [1.82, 2.24) is 0 Å². The van der Waals surface area contributed by atoms with Gasteiger partial charge in [-0.15, -0.1) is 0 Å². The van der Waals surface area contributed by atoms with Crippen molar-refractivity contribution in [2.75, 3.05) is 20.3 Å². The van der Waals surface area contributed by atoms with Gasteiger partial charge in [-0.1, -0.05) is 54.1 Å². The molecular weight excluding hydrogens is 514 g/mol. The number of halogens is 1. The third-order valence-corrected chi connectivity index (χ3v) is 7.55. The zero-order valence-electron chi connectivity index (χ0n) is 21.9. The number of benzene rings is 3. The Morgan fingerprint density at radius 1 is 0.897 bits per heavy atom. The molecule has 1 aliphatic heterocycles. The zero-order valence-corrected chi connectivity index (χ0v) is 22.7. The largest absolute Gasteiger partial charge is 0.497 e. The second kappa shape index (κ2) is 11.9. The Balaban J connectivity index is 1.41. The maximum atomic E-state index is 13.7. The lowest BCUT2D eigenvalue weighted by atomic mass is 9.69. The Kier molecular flexibility index (Phi) is 8.13. The SMILES string of the molecule is COc1ccc([C@@H]2C3=C(C[C@H](c4ccc(Cl)cc4)CC3=O)N=C(C)C2C(=O)OCCOc2ccccc2)cc1. The summed E-state index contributed by atoms with van der Waals surface area (Å²) < 4.78 is 16.7. The summed E-state index contributed by atoms with van der Waals surface area (Å²) in [6.07, 6.45) is 0.952. The van der Waals surface area contributed by atoms with E-state index in [1.165, 1.54) is 0 Å². The lowest BCUT2D eigenvalue weighted by Gasteiger charge is -2.36. The van der Waals surface area contributed by atoms with Gasteiger partial charge in [-0.25, -0.2) is 0 Å². The lowest BCUT2D eigenvalue weighted by molar-refractivity contribution is -0.147. The molecule has 0 spiro atoms. The summed E-state index contributed by atoms with van der Waals surface area (Å²) in [6.45, 7) is 2.15. The van der Waals surface area contributed by atoms with Crippen LogP contribution in [-0.4, -0.2) is 37.8 Å². The predicted molar refractivity (Wildman–Crippen MR) is 151 cm³/mol. The highest BCUT2D eigenvalue weighted by atomic mass is 35.5. The van der Waals surface area contributed by atoms with Gasteiger partial charge in [-0.3, -0.25) is 14.6 Å². The molecule has 2 aliphatic rings. The Morgan fingerprint density at radius 3 is 2.28 bits per heavy atom. The van der Waals surface area contributed by atoms with Gasteiger partial charge in [-0.2, -0.15) is 0 Å². The predicted octanol–water partition coefficient (Wildman–Crippen LogP) is 6.55. The number of ketones is 1. The van der Waals surface area contributed by atoms with Crippen LogP contribution in [0.15, 0.2) is 95.1 Å². The molecule has 0 N–H and O–H groups in total. The summed E-state index contributed by atoms with van der Waals surface area (Å²) in [5.74, 6) is -0.233. The number of carbonyl (C=O) groups excluding carboxylic acids is 2. The minimum absolute atomic E-state index is 0.000205. The molecule has 5 rings (SSSR count). The fraction of sp³-hybridized carbons (Fsp3) is 0.281. The monoisotopic (exact) mass is 543 g/mol. The molecule has 1 heterocycles. The third kappa shape index (κ3) is 5.91. The molecule has 1 unspecified atom stereocenters. The molecule has 3 atom stereocenters. The standard InChI is InChI=1S/C32H30ClNO5/c1-20-29(32(36)39-17-16-38-26-6-4-3-5-7-26)30(22-10-14-25(37-2)15-11-22)31-27(34-20)18-23(19-28(31)35)21-8-12-24(33)13-9-21/h3-15,23,29-30H,16-19H2,1-2H3/t23-,29?,30-/m0/s1. The number of methoxy groups -OCH3 is 1. The Morgan fingerprint density at radius 2 is 1.59 bits per heavy atom. The first-order valence-electron chi connectivity index (χ1n) is 13.0. The number of hydrogen-bond acceptors (Lipinski definition) is 6. The molecule has 0 saturated carbocycles. The molecule has 39 heavy (non-hydrogen) atoms. The fourth-order valence-electron chi connectivity index (χ4n) is 5.42. The number of nitrogens with zero attached hydrogens (tertiary/aromatic N) is 1. The number of Topliss-reactive ketones (excluding diaryl/α,β-unsaturated/α-hetero) is 1. The van der Waals surface area contributed by atoms with Gasteiger partial charge >= 0.3 is 5.97 Å². The molecule has 0 bridgehead atoms. The summed E-state index contributed by atoms with van der Waals surface area (Å²) >= 11 is 6.08. The van der Waals surface area contributed by atoms with Crippen molar-refractivity contribution in [1.29, 1.82) is 0 Å². The molecule has 0 amide bonds. The highest BCUT2D eigenvalue weighted by Crippen LogP contribution is 2.47. The van der Waals surface area contributed by atoms with Gasteiger partial charge in [0.15, 0.2) is 5.78 Å². The first kappa shape index (κ1) is 26.7. The van der Waals surface area contributed by atoms with E-state index in [1.54, 1.807) is 7.11 Å². The number of allylic oxidation sites excluding steroid dienone is 2. The van der Waals surface area contributed by atoms with Crippen LogP contribution in [0.25, 0.3) is 0 Å². The lowest BCUT2D eigenvalue weighted by Crippen LogP contribution is -2.38. The average Bonchev–Trinajstić information content (AvgIpc) is 2.95. The van der Waals surface area contributed by atoms with Crippen molar-refractivity contribution in [3.63, 3.8) is 0 Å². The summed E-state index contributed by atoms with van der Waals surface area (Å²) in [6, 6.07) is 24.5. The van der Waals surface area contributed by atoms with Gasteiger partial charge < -0.3 is 14.2 Å². The van der Waals surface area contributed by atoms with E-state index in [9.17, 15) is 9.59 Å². The van der Waals surface area contributed by atoms with Crippen LogP contribution in [0.5, 0.6) is 11.5 Å². The van der Waals surface area contributed by atoms with Crippen molar-refractivity contribution in [2.45, 2.75) is 31.6 Å². The van der Waals surface area contributed by atoms with Gasteiger partial charge in [0.2, 0.25) is 0 Å². The van der Waals surface area contributed by atoms with E-state index >= 15 is 0 Å². The van der Waals surface area contributed by atoms with Crippen LogP contribution in [-0.2, 0) is 14.3 Å². The number of esters is 1. The number of rotatable bonds is 8. The maximum Gasteiger partial charge on any atom is 0.315 e. The van der Waals surface area contributed by atoms with Crippen LogP contribution in [0.2, 0.25) is 5.02 Å². The average molecular weight is 544 g/mol. The molecule has 0 aromatic heterocycles. The fourth-order valence-corrected chi connectivity index (χ4v) is 5.54. The van der Waals surface area contributed by atoms with Gasteiger partial charge in [0.25, 0.3) is 0 Å². The van der Waals surface area contributed by atoms with Crippen LogP contribution < -0.4 is 9.47 Å². The Hall–Kier alpha value is -3.90. The van der Waals surface area contributed by atoms with E-state index in [1.807, 2.05) is 85.8 Å². The minimum atomic E-state index is -0.718. The van der Waals surface area contributed by atoms with Crippen LogP contribution in [0.3, 0.4) is 0 Å². The number of carbonyl (C=O) groups is 2. The number of ether oxygens (including phenoxy) is 3. The second-order valence-electron chi connectivity index (χ2n) is 9.75. The summed E-state index contributed by atoms with van der Waals surface area (Å²) in [5.41, 5.74) is 3.86. The third-order valence-electron chi connectivity index (χ3n) is 7.30. The summed E-state index contributed by atoms with van der Waals surface area (Å²) in [4.78, 5) is 32.1. The van der Waals surface area contributed by atoms with Crippen molar-refractivity contribution in [3.05, 3.63) is 106 Å². The molecule has 0 saturated heterocycles. The molecule has 7 heteroatoms. The van der Waals surface area contributed by atoms with E-state index in [4.69, 9.17) is 30.8 Å². The molecule has 200 valence electrons. The highest BCUT2D eigenvalue weighted by Gasteiger charge is 2.44. The molecule has 0 fully saturated rings. The van der Waals surface area contributed by atoms with E-state index in [0.717, 1.165) is 16.8 Å². The molecule has 1 aliphatic carbocycles. The van der Waals surface area contributed by atoms with Gasteiger partial charge in [0, 0.05) is 34.3 Å². The van der Waals surface area contributed by atoms with E-state index < -0.39 is 17.8 Å². The molecule has 3 aromatic rings. The quantitative estimate of drug-likeness (QED) is 0.238. The number of para-hydroxylation sites is 1. The van der Waals surface area contributed by atoms with E-state index in [-0.39, 0.29) is 24.9 Å². The van der Waals surface area contributed by atoms with Crippen LogP contribution in [0, 0.1) is 5.92 Å². The van der Waals surface area contributed by atoms with Crippen LogP contribution in [0.4, 0.5) is 0 Å².